The first kappa shape index (κ1) is 13.9. The fourth-order valence-electron chi connectivity index (χ4n) is 2.78. The number of carbonyl (C=O) groups is 2. The molecule has 0 spiro atoms. The molecule has 1 heterocycles. The van der Waals surface area contributed by atoms with Gasteiger partial charge in [0.05, 0.1) is 5.92 Å². The Hall–Kier alpha value is -1.52. The van der Waals surface area contributed by atoms with Gasteiger partial charge in [0.1, 0.15) is 0 Å². The third kappa shape index (κ3) is 3.98. The number of hydrogen-bond donors (Lipinski definition) is 2. The van der Waals surface area contributed by atoms with E-state index in [-0.39, 0.29) is 11.9 Å². The standard InChI is InChI=1S/C14H22N2O3/c17-13(18)12-6-4-11(5-7-12)10-15-14(19)16-8-2-1-3-9-16/h1-2,11-12H,3-10H2,(H,15,19)(H,17,18). The lowest BCUT2D eigenvalue weighted by atomic mass is 9.82. The molecule has 1 aliphatic carbocycles. The summed E-state index contributed by atoms with van der Waals surface area (Å²) in [6, 6.07) is 0.00436. The number of amides is 2. The third-order valence-corrected chi connectivity index (χ3v) is 4.08. The van der Waals surface area contributed by atoms with Crippen LogP contribution in [0.5, 0.6) is 0 Å². The Kier molecular flexibility index (Phi) is 4.82. The van der Waals surface area contributed by atoms with Crippen LogP contribution in [0.2, 0.25) is 0 Å². The molecule has 5 heteroatoms. The van der Waals surface area contributed by atoms with Gasteiger partial charge in [-0.2, -0.15) is 0 Å². The van der Waals surface area contributed by atoms with Crippen LogP contribution >= 0.6 is 0 Å². The van der Waals surface area contributed by atoms with Gasteiger partial charge in [0.15, 0.2) is 0 Å². The molecular weight excluding hydrogens is 244 g/mol. The number of carboxylic acid groups (broad SMARTS) is 1. The maximum atomic E-state index is 11.9. The van der Waals surface area contributed by atoms with Crippen LogP contribution < -0.4 is 5.32 Å². The summed E-state index contributed by atoms with van der Waals surface area (Å²) in [5.41, 5.74) is 0. The maximum Gasteiger partial charge on any atom is 0.317 e. The summed E-state index contributed by atoms with van der Waals surface area (Å²) in [5, 5.41) is 11.9. The van der Waals surface area contributed by atoms with E-state index in [0.29, 0.717) is 19.0 Å². The smallest absolute Gasteiger partial charge is 0.317 e. The van der Waals surface area contributed by atoms with E-state index in [1.807, 2.05) is 11.0 Å². The van der Waals surface area contributed by atoms with Gasteiger partial charge in [-0.1, -0.05) is 12.2 Å². The van der Waals surface area contributed by atoms with Gasteiger partial charge in [0, 0.05) is 19.6 Å². The highest BCUT2D eigenvalue weighted by Gasteiger charge is 2.26. The molecule has 1 fully saturated rings. The molecule has 0 unspecified atom stereocenters. The maximum absolute atomic E-state index is 11.9. The molecule has 19 heavy (non-hydrogen) atoms. The average Bonchev–Trinajstić information content (AvgIpc) is 2.46. The van der Waals surface area contributed by atoms with Crippen molar-refractivity contribution in [2.75, 3.05) is 19.6 Å². The second-order valence-corrected chi connectivity index (χ2v) is 5.45. The van der Waals surface area contributed by atoms with Crippen molar-refractivity contribution < 1.29 is 14.7 Å². The van der Waals surface area contributed by atoms with Crippen molar-refractivity contribution >= 4 is 12.0 Å². The van der Waals surface area contributed by atoms with Gasteiger partial charge in [0.25, 0.3) is 0 Å². The SMILES string of the molecule is O=C(O)C1CCC(CNC(=O)N2CC=CCC2)CC1. The van der Waals surface area contributed by atoms with E-state index >= 15 is 0 Å². The van der Waals surface area contributed by atoms with E-state index in [4.69, 9.17) is 5.11 Å². The lowest BCUT2D eigenvalue weighted by Crippen LogP contribution is -2.43. The Morgan fingerprint density at radius 2 is 1.95 bits per heavy atom. The largest absolute Gasteiger partial charge is 0.481 e. The van der Waals surface area contributed by atoms with Gasteiger partial charge >= 0.3 is 12.0 Å². The third-order valence-electron chi connectivity index (χ3n) is 4.08. The number of nitrogens with one attached hydrogen (secondary N) is 1. The van der Waals surface area contributed by atoms with Crippen LogP contribution in [0.15, 0.2) is 12.2 Å². The van der Waals surface area contributed by atoms with Crippen molar-refractivity contribution in [2.45, 2.75) is 32.1 Å². The summed E-state index contributed by atoms with van der Waals surface area (Å²) < 4.78 is 0. The van der Waals surface area contributed by atoms with E-state index < -0.39 is 5.97 Å². The van der Waals surface area contributed by atoms with Crippen LogP contribution in [-0.2, 0) is 4.79 Å². The summed E-state index contributed by atoms with van der Waals surface area (Å²) in [6.45, 7) is 2.15. The molecule has 2 N–H and O–H groups in total. The molecule has 0 radical (unpaired) electrons. The van der Waals surface area contributed by atoms with E-state index in [2.05, 4.69) is 11.4 Å². The first-order chi connectivity index (χ1) is 9.16. The van der Waals surface area contributed by atoms with Crippen LogP contribution in [0.1, 0.15) is 32.1 Å². The zero-order chi connectivity index (χ0) is 13.7. The number of carbonyl (C=O) groups excluding carboxylic acids is 1. The number of nitrogens with zero attached hydrogens (tertiary/aromatic N) is 1. The van der Waals surface area contributed by atoms with Crippen LogP contribution in [0.25, 0.3) is 0 Å². The first-order valence-electron chi connectivity index (χ1n) is 7.07. The predicted molar refractivity (Wildman–Crippen MR) is 71.8 cm³/mol. The Bertz CT molecular complexity index is 360. The summed E-state index contributed by atoms with van der Waals surface area (Å²) in [6.07, 6.45) is 8.31. The Labute approximate surface area is 113 Å². The van der Waals surface area contributed by atoms with Crippen LogP contribution in [-0.4, -0.2) is 41.6 Å². The minimum absolute atomic E-state index is 0.00436. The number of hydrogen-bond acceptors (Lipinski definition) is 2. The van der Waals surface area contributed by atoms with Crippen molar-refractivity contribution in [1.29, 1.82) is 0 Å². The fourth-order valence-corrected chi connectivity index (χ4v) is 2.78. The average molecular weight is 266 g/mol. The molecule has 0 aromatic heterocycles. The molecular formula is C14H22N2O3. The number of rotatable bonds is 3. The zero-order valence-electron chi connectivity index (χ0n) is 11.2. The summed E-state index contributed by atoms with van der Waals surface area (Å²) >= 11 is 0. The molecule has 5 nitrogen and oxygen atoms in total. The van der Waals surface area contributed by atoms with E-state index in [1.165, 1.54) is 0 Å². The highest BCUT2D eigenvalue weighted by atomic mass is 16.4. The van der Waals surface area contributed by atoms with Gasteiger partial charge < -0.3 is 15.3 Å². The summed E-state index contributed by atoms with van der Waals surface area (Å²) in [5.74, 6) is -0.429. The van der Waals surface area contributed by atoms with Gasteiger partial charge in [-0.05, 0) is 38.0 Å². The summed E-state index contributed by atoms with van der Waals surface area (Å²) in [7, 11) is 0. The molecule has 2 amide bonds. The minimum Gasteiger partial charge on any atom is -0.481 e. The van der Waals surface area contributed by atoms with Crippen molar-refractivity contribution in [1.82, 2.24) is 10.2 Å². The molecule has 0 atom stereocenters. The molecule has 106 valence electrons. The van der Waals surface area contributed by atoms with Crippen LogP contribution in [0, 0.1) is 11.8 Å². The normalized spacial score (nSPS) is 27.1. The second kappa shape index (κ2) is 6.59. The Morgan fingerprint density at radius 3 is 2.53 bits per heavy atom. The predicted octanol–water partition coefficient (Wildman–Crippen LogP) is 1.85. The second-order valence-electron chi connectivity index (χ2n) is 5.45. The number of aliphatic carboxylic acids is 1. The van der Waals surface area contributed by atoms with Crippen LogP contribution in [0.4, 0.5) is 4.79 Å². The van der Waals surface area contributed by atoms with Gasteiger partial charge in [-0.15, -0.1) is 0 Å². The lowest BCUT2D eigenvalue weighted by Gasteiger charge is -2.28. The van der Waals surface area contributed by atoms with Crippen molar-refractivity contribution in [3.05, 3.63) is 12.2 Å². The lowest BCUT2D eigenvalue weighted by molar-refractivity contribution is -0.143. The fraction of sp³-hybridized carbons (Fsp3) is 0.714. The van der Waals surface area contributed by atoms with Crippen LogP contribution in [0.3, 0.4) is 0 Å². The van der Waals surface area contributed by atoms with E-state index in [9.17, 15) is 9.59 Å². The topological polar surface area (TPSA) is 69.6 Å². The van der Waals surface area contributed by atoms with Gasteiger partial charge in [-0.3, -0.25) is 4.79 Å². The van der Waals surface area contributed by atoms with Gasteiger partial charge in [0.2, 0.25) is 0 Å². The highest BCUT2D eigenvalue weighted by Crippen LogP contribution is 2.28. The molecule has 0 aromatic carbocycles. The molecule has 1 saturated carbocycles. The molecule has 2 rings (SSSR count). The number of urea groups is 1. The summed E-state index contributed by atoms with van der Waals surface area (Å²) in [4.78, 5) is 24.6. The Balaban J connectivity index is 1.67. The Morgan fingerprint density at radius 1 is 1.21 bits per heavy atom. The first-order valence-corrected chi connectivity index (χ1v) is 7.07. The zero-order valence-corrected chi connectivity index (χ0v) is 11.2. The molecule has 2 aliphatic rings. The molecule has 0 saturated heterocycles. The monoisotopic (exact) mass is 266 g/mol. The van der Waals surface area contributed by atoms with Crippen molar-refractivity contribution in [2.24, 2.45) is 11.8 Å². The molecule has 0 bridgehead atoms. The minimum atomic E-state index is -0.678. The number of carboxylic acids is 1. The van der Waals surface area contributed by atoms with Crippen molar-refractivity contribution in [3.63, 3.8) is 0 Å². The highest BCUT2D eigenvalue weighted by molar-refractivity contribution is 5.74. The van der Waals surface area contributed by atoms with E-state index in [0.717, 1.165) is 38.6 Å². The van der Waals surface area contributed by atoms with Crippen molar-refractivity contribution in [3.8, 4) is 0 Å². The molecule has 0 aromatic rings. The molecule has 1 aliphatic heterocycles. The van der Waals surface area contributed by atoms with E-state index in [1.54, 1.807) is 0 Å². The quantitative estimate of drug-likeness (QED) is 0.766. The van der Waals surface area contributed by atoms with Gasteiger partial charge in [-0.25, -0.2) is 4.79 Å².